The summed E-state index contributed by atoms with van der Waals surface area (Å²) in [6.07, 6.45) is 1.24. The van der Waals surface area contributed by atoms with Crippen LogP contribution in [0.25, 0.3) is 0 Å². The van der Waals surface area contributed by atoms with Crippen molar-refractivity contribution in [3.05, 3.63) is 42.0 Å². The van der Waals surface area contributed by atoms with Gasteiger partial charge in [-0.2, -0.15) is 0 Å². The molecule has 16 heavy (non-hydrogen) atoms. The van der Waals surface area contributed by atoms with Gasteiger partial charge in [-0.3, -0.25) is 4.79 Å². The van der Waals surface area contributed by atoms with Crippen LogP contribution in [0.5, 0.6) is 5.75 Å². The second-order valence-corrected chi connectivity index (χ2v) is 3.63. The van der Waals surface area contributed by atoms with E-state index in [-0.39, 0.29) is 5.78 Å². The Bertz CT molecular complexity index is 380. The Morgan fingerprint density at radius 3 is 2.62 bits per heavy atom. The highest BCUT2D eigenvalue weighted by atomic mass is 16.5. The molecular formula is C14H18O2. The molecule has 1 aromatic carbocycles. The van der Waals surface area contributed by atoms with Gasteiger partial charge in [0.2, 0.25) is 0 Å². The fourth-order valence-corrected chi connectivity index (χ4v) is 1.43. The van der Waals surface area contributed by atoms with Crippen LogP contribution in [0.3, 0.4) is 0 Å². The summed E-state index contributed by atoms with van der Waals surface area (Å²) in [6, 6.07) is 7.35. The van der Waals surface area contributed by atoms with Gasteiger partial charge < -0.3 is 4.74 Å². The second-order valence-electron chi connectivity index (χ2n) is 3.63. The van der Waals surface area contributed by atoms with Gasteiger partial charge in [0.1, 0.15) is 5.75 Å². The minimum absolute atomic E-state index is 0.0795. The number of ether oxygens (including phenoxy) is 1. The predicted octanol–water partition coefficient (Wildman–Crippen LogP) is 3.62. The van der Waals surface area contributed by atoms with Crippen molar-refractivity contribution in [3.8, 4) is 5.75 Å². The molecule has 0 fully saturated rings. The molecule has 0 aliphatic heterocycles. The first-order valence-electron chi connectivity index (χ1n) is 5.60. The monoisotopic (exact) mass is 218 g/mol. The van der Waals surface area contributed by atoms with E-state index in [0.717, 1.165) is 12.0 Å². The van der Waals surface area contributed by atoms with E-state index in [1.807, 2.05) is 32.0 Å². The molecule has 0 radical (unpaired) electrons. The van der Waals surface area contributed by atoms with Crippen molar-refractivity contribution in [2.45, 2.75) is 26.7 Å². The predicted molar refractivity (Wildman–Crippen MR) is 66.0 cm³/mol. The molecule has 0 saturated carbocycles. The van der Waals surface area contributed by atoms with Crippen molar-refractivity contribution in [1.29, 1.82) is 0 Å². The standard InChI is InChI=1S/C14H18O2/c1-4-11(3)10-13(15)12-8-6-7-9-14(12)16-5-2/h6-9H,3-5,10H2,1-2H3. The quantitative estimate of drug-likeness (QED) is 0.538. The summed E-state index contributed by atoms with van der Waals surface area (Å²) in [4.78, 5) is 12.0. The number of ketones is 1. The van der Waals surface area contributed by atoms with Crippen LogP contribution in [0, 0.1) is 0 Å². The summed E-state index contributed by atoms with van der Waals surface area (Å²) in [6.45, 7) is 8.33. The Balaban J connectivity index is 2.85. The van der Waals surface area contributed by atoms with Gasteiger partial charge in [0.05, 0.1) is 12.2 Å². The number of allylic oxidation sites excluding steroid dienone is 1. The minimum atomic E-state index is 0.0795. The molecule has 0 heterocycles. The zero-order chi connectivity index (χ0) is 12.0. The average molecular weight is 218 g/mol. The molecule has 0 aromatic heterocycles. The van der Waals surface area contributed by atoms with Gasteiger partial charge in [-0.05, 0) is 25.5 Å². The molecule has 2 nitrogen and oxygen atoms in total. The number of hydrogen-bond acceptors (Lipinski definition) is 2. The van der Waals surface area contributed by atoms with Gasteiger partial charge >= 0.3 is 0 Å². The van der Waals surface area contributed by atoms with Crippen molar-refractivity contribution in [2.75, 3.05) is 6.61 Å². The maximum absolute atomic E-state index is 12.0. The van der Waals surface area contributed by atoms with E-state index in [4.69, 9.17) is 4.74 Å². The third-order valence-electron chi connectivity index (χ3n) is 2.40. The molecule has 1 aromatic rings. The van der Waals surface area contributed by atoms with Crippen LogP contribution in [0.1, 0.15) is 37.0 Å². The zero-order valence-corrected chi connectivity index (χ0v) is 9.95. The first-order valence-corrected chi connectivity index (χ1v) is 5.60. The van der Waals surface area contributed by atoms with E-state index in [1.54, 1.807) is 6.07 Å². The van der Waals surface area contributed by atoms with Crippen LogP contribution in [-0.4, -0.2) is 12.4 Å². The maximum Gasteiger partial charge on any atom is 0.170 e. The van der Waals surface area contributed by atoms with Crippen molar-refractivity contribution < 1.29 is 9.53 Å². The zero-order valence-electron chi connectivity index (χ0n) is 9.95. The van der Waals surface area contributed by atoms with Crippen LogP contribution in [0.15, 0.2) is 36.4 Å². The molecule has 0 N–H and O–H groups in total. The van der Waals surface area contributed by atoms with Gasteiger partial charge in [-0.15, -0.1) is 0 Å². The highest BCUT2D eigenvalue weighted by molar-refractivity contribution is 5.99. The topological polar surface area (TPSA) is 26.3 Å². The van der Waals surface area contributed by atoms with E-state index < -0.39 is 0 Å². The van der Waals surface area contributed by atoms with Crippen LogP contribution in [0.4, 0.5) is 0 Å². The van der Waals surface area contributed by atoms with Gasteiger partial charge in [0.25, 0.3) is 0 Å². The van der Waals surface area contributed by atoms with Crippen molar-refractivity contribution >= 4 is 5.78 Å². The van der Waals surface area contributed by atoms with E-state index in [1.165, 1.54) is 0 Å². The lowest BCUT2D eigenvalue weighted by Gasteiger charge is -2.09. The normalized spacial score (nSPS) is 9.88. The Labute approximate surface area is 96.9 Å². The Hall–Kier alpha value is -1.57. The van der Waals surface area contributed by atoms with Crippen molar-refractivity contribution in [2.24, 2.45) is 0 Å². The molecule has 0 bridgehead atoms. The number of para-hydroxylation sites is 1. The van der Waals surface area contributed by atoms with E-state index in [0.29, 0.717) is 24.3 Å². The average Bonchev–Trinajstić information content (AvgIpc) is 2.30. The van der Waals surface area contributed by atoms with Crippen LogP contribution >= 0.6 is 0 Å². The molecule has 0 aliphatic carbocycles. The summed E-state index contributed by atoms with van der Waals surface area (Å²) in [5.41, 5.74) is 1.61. The lowest BCUT2D eigenvalue weighted by atomic mass is 10.0. The molecule has 0 aliphatic rings. The molecule has 0 atom stereocenters. The fraction of sp³-hybridized carbons (Fsp3) is 0.357. The molecule has 2 heteroatoms. The van der Waals surface area contributed by atoms with Crippen LogP contribution in [-0.2, 0) is 0 Å². The lowest BCUT2D eigenvalue weighted by molar-refractivity contribution is 0.0988. The molecule has 0 saturated heterocycles. The van der Waals surface area contributed by atoms with Crippen LogP contribution < -0.4 is 4.74 Å². The SMILES string of the molecule is C=C(CC)CC(=O)c1ccccc1OCC. The molecule has 0 spiro atoms. The molecule has 1 rings (SSSR count). The lowest BCUT2D eigenvalue weighted by Crippen LogP contribution is -2.04. The number of carbonyl (C=O) groups is 1. The number of rotatable bonds is 6. The highest BCUT2D eigenvalue weighted by Gasteiger charge is 2.12. The van der Waals surface area contributed by atoms with Crippen LogP contribution in [0.2, 0.25) is 0 Å². The largest absolute Gasteiger partial charge is 0.493 e. The first kappa shape index (κ1) is 12.5. The molecule has 0 amide bonds. The molecular weight excluding hydrogens is 200 g/mol. The minimum Gasteiger partial charge on any atom is -0.493 e. The third kappa shape index (κ3) is 3.23. The van der Waals surface area contributed by atoms with Crippen molar-refractivity contribution in [3.63, 3.8) is 0 Å². The summed E-state index contributed by atoms with van der Waals surface area (Å²) in [5.74, 6) is 0.745. The van der Waals surface area contributed by atoms with Gasteiger partial charge in [-0.25, -0.2) is 0 Å². The van der Waals surface area contributed by atoms with Gasteiger partial charge in [-0.1, -0.05) is 31.2 Å². The maximum atomic E-state index is 12.0. The highest BCUT2D eigenvalue weighted by Crippen LogP contribution is 2.21. The molecule has 86 valence electrons. The summed E-state index contributed by atoms with van der Waals surface area (Å²) >= 11 is 0. The van der Waals surface area contributed by atoms with E-state index >= 15 is 0 Å². The summed E-state index contributed by atoms with van der Waals surface area (Å²) in [7, 11) is 0. The van der Waals surface area contributed by atoms with Crippen molar-refractivity contribution in [1.82, 2.24) is 0 Å². The number of carbonyl (C=O) groups excluding carboxylic acids is 1. The molecule has 0 unspecified atom stereocenters. The number of benzene rings is 1. The second kappa shape index (κ2) is 6.11. The summed E-state index contributed by atoms with van der Waals surface area (Å²) in [5, 5.41) is 0. The summed E-state index contributed by atoms with van der Waals surface area (Å²) < 4.78 is 5.42. The number of Topliss-reactive ketones (excluding diaryl/α,β-unsaturated/α-hetero) is 1. The Morgan fingerprint density at radius 1 is 1.31 bits per heavy atom. The van der Waals surface area contributed by atoms with E-state index in [9.17, 15) is 4.79 Å². The Kier molecular flexibility index (Phi) is 4.77. The number of hydrogen-bond donors (Lipinski definition) is 0. The smallest absolute Gasteiger partial charge is 0.170 e. The fourth-order valence-electron chi connectivity index (χ4n) is 1.43. The third-order valence-corrected chi connectivity index (χ3v) is 2.40. The van der Waals surface area contributed by atoms with Gasteiger partial charge in [0, 0.05) is 6.42 Å². The van der Waals surface area contributed by atoms with Gasteiger partial charge in [0.15, 0.2) is 5.78 Å². The Morgan fingerprint density at radius 2 is 2.00 bits per heavy atom. The first-order chi connectivity index (χ1) is 7.69. The van der Waals surface area contributed by atoms with E-state index in [2.05, 4.69) is 6.58 Å².